The molecule has 0 aromatic heterocycles. The van der Waals surface area contributed by atoms with E-state index in [-0.39, 0.29) is 11.3 Å². The van der Waals surface area contributed by atoms with Crippen molar-refractivity contribution in [2.75, 3.05) is 13.1 Å². The average Bonchev–Trinajstić information content (AvgIpc) is 2.37. The molecule has 1 fully saturated rings. The first-order valence-electron chi connectivity index (χ1n) is 7.22. The molecule has 1 saturated heterocycles. The molecular formula is C16H23ClN2O. The van der Waals surface area contributed by atoms with Crippen LogP contribution in [-0.2, 0) is 11.2 Å². The van der Waals surface area contributed by atoms with E-state index in [1.807, 2.05) is 24.3 Å². The van der Waals surface area contributed by atoms with Crippen LogP contribution < -0.4 is 10.6 Å². The first-order chi connectivity index (χ1) is 9.47. The predicted molar refractivity (Wildman–Crippen MR) is 83.0 cm³/mol. The summed E-state index contributed by atoms with van der Waals surface area (Å²) in [5.41, 5.74) is 1.19. The third-order valence-electron chi connectivity index (χ3n) is 4.09. The lowest BCUT2D eigenvalue weighted by atomic mass is 9.77. The summed E-state index contributed by atoms with van der Waals surface area (Å²) in [5, 5.41) is 7.20. The summed E-state index contributed by atoms with van der Waals surface area (Å²) in [5.74, 6) is 0.0513. The van der Waals surface area contributed by atoms with Crippen LogP contribution in [0.5, 0.6) is 0 Å². The minimum Gasteiger partial charge on any atom is -0.354 e. The van der Waals surface area contributed by atoms with Gasteiger partial charge < -0.3 is 10.6 Å². The van der Waals surface area contributed by atoms with Crippen molar-refractivity contribution in [3.63, 3.8) is 0 Å². The molecule has 2 N–H and O–H groups in total. The van der Waals surface area contributed by atoms with Crippen LogP contribution in [0.25, 0.3) is 0 Å². The topological polar surface area (TPSA) is 41.1 Å². The zero-order valence-corrected chi connectivity index (χ0v) is 13.0. The Morgan fingerprint density at radius 2 is 2.30 bits per heavy atom. The molecule has 110 valence electrons. The van der Waals surface area contributed by atoms with E-state index in [1.54, 1.807) is 0 Å². The fourth-order valence-corrected chi connectivity index (χ4v) is 2.94. The highest BCUT2D eigenvalue weighted by Gasteiger charge is 2.31. The molecule has 1 aliphatic heterocycles. The van der Waals surface area contributed by atoms with Gasteiger partial charge in [-0.3, -0.25) is 4.79 Å². The lowest BCUT2D eigenvalue weighted by molar-refractivity contribution is -0.120. The second-order valence-corrected chi connectivity index (χ2v) is 6.65. The van der Waals surface area contributed by atoms with Gasteiger partial charge in [0.1, 0.15) is 0 Å². The maximum atomic E-state index is 12.0. The Morgan fingerprint density at radius 3 is 3.00 bits per heavy atom. The summed E-state index contributed by atoms with van der Waals surface area (Å²) in [7, 11) is 0. The molecule has 1 aliphatic rings. The van der Waals surface area contributed by atoms with Crippen LogP contribution in [0.15, 0.2) is 24.3 Å². The van der Waals surface area contributed by atoms with E-state index in [9.17, 15) is 4.79 Å². The van der Waals surface area contributed by atoms with E-state index in [0.717, 1.165) is 12.1 Å². The number of piperidine rings is 1. The van der Waals surface area contributed by atoms with Gasteiger partial charge in [0.25, 0.3) is 0 Å². The van der Waals surface area contributed by atoms with Gasteiger partial charge in [-0.2, -0.15) is 0 Å². The molecule has 0 spiro atoms. The van der Waals surface area contributed by atoms with Crippen LogP contribution in [0.1, 0.15) is 32.3 Å². The molecule has 0 radical (unpaired) electrons. The van der Waals surface area contributed by atoms with Crippen LogP contribution in [0, 0.1) is 5.41 Å². The van der Waals surface area contributed by atoms with Crippen molar-refractivity contribution in [2.45, 2.75) is 39.2 Å². The maximum absolute atomic E-state index is 12.0. The Morgan fingerprint density at radius 1 is 1.50 bits per heavy atom. The van der Waals surface area contributed by atoms with Gasteiger partial charge in [-0.15, -0.1) is 0 Å². The monoisotopic (exact) mass is 294 g/mol. The summed E-state index contributed by atoms with van der Waals surface area (Å²) in [6, 6.07) is 7.80. The van der Waals surface area contributed by atoms with E-state index in [1.165, 1.54) is 12.8 Å². The van der Waals surface area contributed by atoms with Crippen LogP contribution in [0.2, 0.25) is 5.02 Å². The molecule has 20 heavy (non-hydrogen) atoms. The molecule has 1 aromatic rings. The Kier molecular flexibility index (Phi) is 5.06. The highest BCUT2D eigenvalue weighted by molar-refractivity contribution is 6.30. The molecule has 1 atom stereocenters. The van der Waals surface area contributed by atoms with E-state index in [4.69, 9.17) is 11.6 Å². The molecule has 1 heterocycles. The van der Waals surface area contributed by atoms with E-state index >= 15 is 0 Å². The number of carbonyl (C=O) groups excluding carboxylic acids is 1. The number of amides is 1. The fraction of sp³-hybridized carbons (Fsp3) is 0.562. The van der Waals surface area contributed by atoms with Crippen molar-refractivity contribution < 1.29 is 4.79 Å². The smallest absolute Gasteiger partial charge is 0.224 e. The van der Waals surface area contributed by atoms with Gasteiger partial charge in [-0.1, -0.05) is 37.6 Å². The molecule has 0 saturated carbocycles. The lowest BCUT2D eigenvalue weighted by Crippen LogP contribution is -2.52. The Labute approximate surface area is 126 Å². The van der Waals surface area contributed by atoms with Crippen LogP contribution in [-0.4, -0.2) is 25.0 Å². The molecule has 3 nitrogen and oxygen atoms in total. The molecule has 4 heteroatoms. The van der Waals surface area contributed by atoms with E-state index < -0.39 is 0 Å². The number of nitrogens with one attached hydrogen (secondary N) is 2. The van der Waals surface area contributed by atoms with Crippen molar-refractivity contribution in [3.05, 3.63) is 34.9 Å². The number of carbonyl (C=O) groups is 1. The zero-order chi connectivity index (χ0) is 14.6. The number of halogens is 1. The summed E-state index contributed by atoms with van der Waals surface area (Å²) in [6.07, 6.45) is 2.79. The normalized spacial score (nSPS) is 21.4. The van der Waals surface area contributed by atoms with Gasteiger partial charge in [0, 0.05) is 17.6 Å². The van der Waals surface area contributed by atoms with Gasteiger partial charge in [-0.25, -0.2) is 0 Å². The highest BCUT2D eigenvalue weighted by Crippen LogP contribution is 2.29. The third-order valence-corrected chi connectivity index (χ3v) is 4.32. The van der Waals surface area contributed by atoms with Crippen LogP contribution in [0.3, 0.4) is 0 Å². The summed E-state index contributed by atoms with van der Waals surface area (Å²) in [4.78, 5) is 12.0. The standard InChI is InChI=1S/C16H23ClN2O/c1-16(2)7-4-8-18-14(16)11-19-15(20)10-12-5-3-6-13(17)9-12/h3,5-6,9,14,18H,4,7-8,10-11H2,1-2H3,(H,19,20). The molecular weight excluding hydrogens is 272 g/mol. The maximum Gasteiger partial charge on any atom is 0.224 e. The molecule has 2 rings (SSSR count). The van der Waals surface area contributed by atoms with E-state index in [2.05, 4.69) is 24.5 Å². The molecule has 1 amide bonds. The predicted octanol–water partition coefficient (Wildman–Crippen LogP) is 2.78. The van der Waals surface area contributed by atoms with Crippen molar-refractivity contribution >= 4 is 17.5 Å². The summed E-state index contributed by atoms with van der Waals surface area (Å²) < 4.78 is 0. The van der Waals surface area contributed by atoms with E-state index in [0.29, 0.717) is 24.0 Å². The Bertz CT molecular complexity index is 473. The number of benzene rings is 1. The number of rotatable bonds is 4. The highest BCUT2D eigenvalue weighted by atomic mass is 35.5. The summed E-state index contributed by atoms with van der Waals surface area (Å²) in [6.45, 7) is 6.24. The SMILES string of the molecule is CC1(C)CCCNC1CNC(=O)Cc1cccc(Cl)c1. The fourth-order valence-electron chi connectivity index (χ4n) is 2.73. The quantitative estimate of drug-likeness (QED) is 0.896. The zero-order valence-electron chi connectivity index (χ0n) is 12.2. The molecule has 1 aromatic carbocycles. The first kappa shape index (κ1) is 15.3. The van der Waals surface area contributed by atoms with Crippen molar-refractivity contribution in [1.82, 2.24) is 10.6 Å². The number of hydrogen-bond donors (Lipinski definition) is 2. The lowest BCUT2D eigenvalue weighted by Gasteiger charge is -2.39. The van der Waals surface area contributed by atoms with Gasteiger partial charge in [0.15, 0.2) is 0 Å². The van der Waals surface area contributed by atoms with Crippen molar-refractivity contribution in [2.24, 2.45) is 5.41 Å². The average molecular weight is 295 g/mol. The Balaban J connectivity index is 1.83. The molecule has 1 unspecified atom stereocenters. The number of hydrogen-bond acceptors (Lipinski definition) is 2. The summed E-state index contributed by atoms with van der Waals surface area (Å²) >= 11 is 5.92. The second kappa shape index (κ2) is 6.59. The van der Waals surface area contributed by atoms with Crippen molar-refractivity contribution in [3.8, 4) is 0 Å². The largest absolute Gasteiger partial charge is 0.354 e. The van der Waals surface area contributed by atoms with Crippen LogP contribution in [0.4, 0.5) is 0 Å². The second-order valence-electron chi connectivity index (χ2n) is 6.21. The van der Waals surface area contributed by atoms with Gasteiger partial charge in [0.05, 0.1) is 6.42 Å². The van der Waals surface area contributed by atoms with Gasteiger partial charge in [0.2, 0.25) is 5.91 Å². The third kappa shape index (κ3) is 4.22. The van der Waals surface area contributed by atoms with Gasteiger partial charge in [-0.05, 0) is 42.5 Å². The van der Waals surface area contributed by atoms with Crippen molar-refractivity contribution in [1.29, 1.82) is 0 Å². The first-order valence-corrected chi connectivity index (χ1v) is 7.60. The molecule has 0 bridgehead atoms. The minimum absolute atomic E-state index is 0.0513. The van der Waals surface area contributed by atoms with Gasteiger partial charge >= 0.3 is 0 Å². The van der Waals surface area contributed by atoms with Crippen LogP contribution >= 0.6 is 11.6 Å². The molecule has 0 aliphatic carbocycles. The Hall–Kier alpha value is -1.06. The minimum atomic E-state index is 0.0513.